The van der Waals surface area contributed by atoms with Crippen LogP contribution < -0.4 is 0 Å². The van der Waals surface area contributed by atoms with Crippen molar-refractivity contribution in [3.8, 4) is 0 Å². The van der Waals surface area contributed by atoms with E-state index in [1.165, 1.54) is 6.92 Å². The summed E-state index contributed by atoms with van der Waals surface area (Å²) in [7, 11) is -1.02. The summed E-state index contributed by atoms with van der Waals surface area (Å²) in [6.07, 6.45) is -6.30. The third-order valence-electron chi connectivity index (χ3n) is 2.11. The van der Waals surface area contributed by atoms with Gasteiger partial charge in [-0.05, 0) is 6.92 Å². The maximum atomic E-state index is 9.67. The van der Waals surface area contributed by atoms with Crippen molar-refractivity contribution < 1.29 is 32.6 Å². The van der Waals surface area contributed by atoms with Crippen LogP contribution in [0.5, 0.6) is 0 Å². The quantitative estimate of drug-likeness (QED) is 0.405. The Labute approximate surface area is 91.9 Å². The Bertz CT molecular complexity index is 194. The molecule has 0 fully saturated rings. The standard InChI is InChI=1S/C9H20O6/c1-5(11)7(13)9(15-3)8(14-2)6(12)4-10/h5-13H,4H2,1-3H3/t5?,6-,7+,8-,9-/m1/s1/i2D,3D. The number of aliphatic hydroxyl groups excluding tert-OH is 4. The second-order valence-corrected chi connectivity index (χ2v) is 3.24. The molecule has 0 spiro atoms. The maximum absolute atomic E-state index is 9.67. The Balaban J connectivity index is 4.80. The number of aliphatic hydroxyl groups is 4. The molecule has 6 heteroatoms. The van der Waals surface area contributed by atoms with Crippen molar-refractivity contribution in [2.24, 2.45) is 0 Å². The van der Waals surface area contributed by atoms with Crippen LogP contribution in [-0.2, 0) is 9.47 Å². The molecule has 0 bridgehead atoms. The highest BCUT2D eigenvalue weighted by Gasteiger charge is 2.35. The Morgan fingerprint density at radius 2 is 1.67 bits per heavy atom. The highest BCUT2D eigenvalue weighted by molar-refractivity contribution is 4.85. The van der Waals surface area contributed by atoms with Crippen molar-refractivity contribution in [3.05, 3.63) is 0 Å². The summed E-state index contributed by atoms with van der Waals surface area (Å²) < 4.78 is 23.6. The van der Waals surface area contributed by atoms with Gasteiger partial charge in [0.25, 0.3) is 0 Å². The molecule has 5 atom stereocenters. The zero-order valence-corrected chi connectivity index (χ0v) is 8.61. The zero-order chi connectivity index (χ0) is 13.4. The minimum Gasteiger partial charge on any atom is -0.394 e. The van der Waals surface area contributed by atoms with Gasteiger partial charge >= 0.3 is 0 Å². The summed E-state index contributed by atoms with van der Waals surface area (Å²) in [5, 5.41) is 37.2. The first-order valence-corrected chi connectivity index (χ1v) is 4.46. The van der Waals surface area contributed by atoms with Crippen molar-refractivity contribution in [1.82, 2.24) is 0 Å². The van der Waals surface area contributed by atoms with Crippen LogP contribution in [0.25, 0.3) is 0 Å². The monoisotopic (exact) mass is 226 g/mol. The molecule has 0 aliphatic heterocycles. The molecule has 0 saturated carbocycles. The summed E-state index contributed by atoms with van der Waals surface area (Å²) in [6.45, 7) is 0.670. The molecule has 0 aliphatic carbocycles. The summed E-state index contributed by atoms with van der Waals surface area (Å²) in [5.41, 5.74) is 0. The van der Waals surface area contributed by atoms with Gasteiger partial charge in [0, 0.05) is 14.2 Å². The van der Waals surface area contributed by atoms with Gasteiger partial charge in [0.15, 0.2) is 0 Å². The first-order chi connectivity index (χ1) is 7.99. The third kappa shape index (κ3) is 4.02. The van der Waals surface area contributed by atoms with Gasteiger partial charge in [0.2, 0.25) is 0 Å². The average molecular weight is 226 g/mol. The van der Waals surface area contributed by atoms with Gasteiger partial charge in [-0.1, -0.05) is 0 Å². The number of hydrogen-bond donors (Lipinski definition) is 4. The highest BCUT2D eigenvalue weighted by atomic mass is 16.5. The fourth-order valence-electron chi connectivity index (χ4n) is 1.19. The van der Waals surface area contributed by atoms with Crippen LogP contribution in [0.3, 0.4) is 0 Å². The molecule has 0 radical (unpaired) electrons. The Hall–Kier alpha value is -0.240. The largest absolute Gasteiger partial charge is 0.394 e. The number of rotatable bonds is 7. The van der Waals surface area contributed by atoms with Crippen LogP contribution in [0.4, 0.5) is 0 Å². The second-order valence-electron chi connectivity index (χ2n) is 3.24. The number of hydrogen-bond acceptors (Lipinski definition) is 6. The van der Waals surface area contributed by atoms with E-state index >= 15 is 0 Å². The summed E-state index contributed by atoms with van der Waals surface area (Å²) in [4.78, 5) is 0. The smallest absolute Gasteiger partial charge is 0.114 e. The van der Waals surface area contributed by atoms with Crippen LogP contribution in [0.1, 0.15) is 9.67 Å². The predicted molar refractivity (Wildman–Crippen MR) is 52.4 cm³/mol. The van der Waals surface area contributed by atoms with Crippen molar-refractivity contribution in [2.75, 3.05) is 20.8 Å². The van der Waals surface area contributed by atoms with Crippen molar-refractivity contribution in [3.63, 3.8) is 0 Å². The van der Waals surface area contributed by atoms with E-state index in [0.717, 1.165) is 0 Å². The molecule has 0 heterocycles. The van der Waals surface area contributed by atoms with Gasteiger partial charge in [-0.25, -0.2) is 0 Å². The molecule has 0 aromatic carbocycles. The fourth-order valence-corrected chi connectivity index (χ4v) is 1.19. The summed E-state index contributed by atoms with van der Waals surface area (Å²) in [5.74, 6) is 0. The molecular formula is C9H20O6. The van der Waals surface area contributed by atoms with E-state index in [9.17, 15) is 15.3 Å². The molecule has 0 aromatic rings. The molecule has 4 N–H and O–H groups in total. The molecule has 6 nitrogen and oxygen atoms in total. The molecule has 15 heavy (non-hydrogen) atoms. The molecule has 0 aliphatic rings. The molecule has 0 saturated heterocycles. The topological polar surface area (TPSA) is 99.4 Å². The fraction of sp³-hybridized carbons (Fsp3) is 1.00. The molecular weight excluding hydrogens is 204 g/mol. The van der Waals surface area contributed by atoms with Gasteiger partial charge in [0.05, 0.1) is 15.5 Å². The van der Waals surface area contributed by atoms with E-state index in [0.29, 0.717) is 0 Å². The molecule has 1 unspecified atom stereocenters. The van der Waals surface area contributed by atoms with Crippen LogP contribution in [-0.4, -0.2) is 71.7 Å². The summed E-state index contributed by atoms with van der Waals surface area (Å²) >= 11 is 0. The Morgan fingerprint density at radius 1 is 1.13 bits per heavy atom. The third-order valence-corrected chi connectivity index (χ3v) is 2.11. The number of ether oxygens (including phenoxy) is 2. The van der Waals surface area contributed by atoms with E-state index in [1.807, 2.05) is 0 Å². The first-order valence-electron chi connectivity index (χ1n) is 5.87. The lowest BCUT2D eigenvalue weighted by atomic mass is 10.00. The number of methoxy groups -OCH3 is 2. The van der Waals surface area contributed by atoms with Crippen LogP contribution in [0.15, 0.2) is 0 Å². The van der Waals surface area contributed by atoms with Gasteiger partial charge in [0.1, 0.15) is 24.4 Å². The Kier molecular flexibility index (Phi) is 5.33. The highest BCUT2D eigenvalue weighted by Crippen LogP contribution is 2.14. The van der Waals surface area contributed by atoms with Crippen LogP contribution in [0, 0.1) is 0 Å². The van der Waals surface area contributed by atoms with Crippen LogP contribution in [0.2, 0.25) is 0 Å². The van der Waals surface area contributed by atoms with Crippen molar-refractivity contribution in [1.29, 1.82) is 0 Å². The van der Waals surface area contributed by atoms with Gasteiger partial charge < -0.3 is 29.9 Å². The maximum Gasteiger partial charge on any atom is 0.114 e. The van der Waals surface area contributed by atoms with E-state index < -0.39 is 51.3 Å². The molecule has 0 amide bonds. The lowest BCUT2D eigenvalue weighted by Gasteiger charge is -2.32. The van der Waals surface area contributed by atoms with E-state index in [2.05, 4.69) is 0 Å². The van der Waals surface area contributed by atoms with E-state index in [4.69, 9.17) is 17.3 Å². The lowest BCUT2D eigenvalue weighted by Crippen LogP contribution is -2.51. The zero-order valence-electron chi connectivity index (χ0n) is 10.6. The van der Waals surface area contributed by atoms with Crippen molar-refractivity contribution in [2.45, 2.75) is 37.4 Å². The first kappa shape index (κ1) is 11.3. The average Bonchev–Trinajstić information content (AvgIpc) is 2.31. The van der Waals surface area contributed by atoms with E-state index in [1.54, 1.807) is 0 Å². The normalized spacial score (nSPS) is 23.5. The lowest BCUT2D eigenvalue weighted by molar-refractivity contribution is -0.160. The van der Waals surface area contributed by atoms with Gasteiger partial charge in [-0.15, -0.1) is 0 Å². The SMILES string of the molecule is [2H]CO[C@@H]([C@H](OC[2H])[C@@H](O)C(C)O)[C@H](O)CO. The molecule has 0 aromatic heterocycles. The second kappa shape index (κ2) is 7.10. The van der Waals surface area contributed by atoms with Gasteiger partial charge in [-0.2, -0.15) is 0 Å². The van der Waals surface area contributed by atoms with E-state index in [-0.39, 0.29) is 0 Å². The van der Waals surface area contributed by atoms with Gasteiger partial charge in [-0.3, -0.25) is 0 Å². The minimum atomic E-state index is -1.39. The predicted octanol–water partition coefficient (Wildman–Crippen LogP) is -1.89. The minimum absolute atomic E-state index is 0.508. The van der Waals surface area contributed by atoms with Crippen LogP contribution >= 0.6 is 0 Å². The molecule has 0 rings (SSSR count). The Morgan fingerprint density at radius 3 is 2.07 bits per heavy atom. The van der Waals surface area contributed by atoms with Crippen molar-refractivity contribution >= 4 is 0 Å². The molecule has 92 valence electrons. The summed E-state index contributed by atoms with van der Waals surface area (Å²) in [6, 6.07) is 0.